The SMILES string of the molecule is CCCCCCCC/C=C\CCCCCCCC(=O)C[C@@H](CC(F)(F)P(=O)([O-])[O-])C(=O)CCCCCCC/C=C\CCCCCCCC.[Na+].[Na+]. The van der Waals surface area contributed by atoms with Gasteiger partial charge in [-0.15, -0.1) is 0 Å². The number of unbranched alkanes of at least 4 members (excludes halogenated alkanes) is 22. The smallest absolute Gasteiger partial charge is 0.807 e. The molecule has 5 nitrogen and oxygen atoms in total. The number of carbonyl (C=O) groups excluding carboxylic acids is 2. The van der Waals surface area contributed by atoms with E-state index in [4.69, 9.17) is 0 Å². The van der Waals surface area contributed by atoms with Gasteiger partial charge in [0.05, 0.1) is 0 Å². The number of rotatable bonds is 36. The van der Waals surface area contributed by atoms with Gasteiger partial charge in [0.25, 0.3) is 5.66 Å². The predicted molar refractivity (Wildman–Crippen MR) is 194 cm³/mol. The summed E-state index contributed by atoms with van der Waals surface area (Å²) in [6.45, 7) is 4.45. The number of Topliss-reactive ketones (excluding diaryl/α,β-unsaturated/α-hetero) is 2. The molecule has 0 unspecified atom stereocenters. The Balaban J connectivity index is -0.0000110. The molecule has 1 atom stereocenters. The van der Waals surface area contributed by atoms with E-state index in [1.54, 1.807) is 0 Å². The standard InChI is InChI=1S/C40H73F2O5P.2Na/c1-3-5-7-9-11-13-15-17-19-21-23-25-27-29-31-33-38(43)35-37(36-40(41,42)48(45,46)47)39(44)34-32-30-28-26-24-22-20-18-16-14-12-10-8-6-4-2;;/h17-20,37H,3-16,21-36H2,1-2H3,(H2,45,46,47);;/q;2*+1/p-2/b19-17-,20-18-;;/t37-;;/m0../s1. The van der Waals surface area contributed by atoms with E-state index in [9.17, 15) is 32.7 Å². The van der Waals surface area contributed by atoms with Crippen LogP contribution in [0, 0.1) is 5.92 Å². The van der Waals surface area contributed by atoms with Crippen LogP contribution in [0.5, 0.6) is 0 Å². The zero-order valence-electron chi connectivity index (χ0n) is 32.8. The number of alkyl halides is 2. The van der Waals surface area contributed by atoms with Crippen molar-refractivity contribution in [3.05, 3.63) is 24.3 Å². The van der Waals surface area contributed by atoms with Crippen LogP contribution in [0.2, 0.25) is 0 Å². The van der Waals surface area contributed by atoms with Gasteiger partial charge in [0.15, 0.2) is 0 Å². The number of hydrogen-bond donors (Lipinski definition) is 0. The maximum absolute atomic E-state index is 14.1. The fourth-order valence-electron chi connectivity index (χ4n) is 6.05. The van der Waals surface area contributed by atoms with Crippen LogP contribution in [0.4, 0.5) is 8.78 Å². The maximum atomic E-state index is 14.1. The second kappa shape index (κ2) is 38.1. The minimum atomic E-state index is -6.23. The van der Waals surface area contributed by atoms with Crippen LogP contribution in [0.25, 0.3) is 0 Å². The normalized spacial score (nSPS) is 12.7. The van der Waals surface area contributed by atoms with Crippen molar-refractivity contribution in [3.8, 4) is 0 Å². The first-order valence-corrected chi connectivity index (χ1v) is 21.3. The Morgan fingerprint density at radius 3 is 1.24 bits per heavy atom. The average molecular weight is 747 g/mol. The molecule has 0 saturated heterocycles. The molecule has 10 heteroatoms. The first-order chi connectivity index (χ1) is 23.0. The number of carbonyl (C=O) groups is 2. The summed E-state index contributed by atoms with van der Waals surface area (Å²) in [5, 5.41) is 0. The predicted octanol–water partition coefficient (Wildman–Crippen LogP) is 6.11. The molecule has 0 saturated carbocycles. The summed E-state index contributed by atoms with van der Waals surface area (Å²) in [6, 6.07) is 0. The molecule has 0 aliphatic rings. The van der Waals surface area contributed by atoms with E-state index in [-0.39, 0.29) is 77.7 Å². The molecule has 50 heavy (non-hydrogen) atoms. The van der Waals surface area contributed by atoms with Gasteiger partial charge < -0.3 is 14.4 Å². The topological polar surface area (TPSA) is 97.3 Å². The van der Waals surface area contributed by atoms with Crippen molar-refractivity contribution in [2.75, 3.05) is 0 Å². The molecule has 0 bridgehead atoms. The number of hydrogen-bond acceptors (Lipinski definition) is 5. The molecule has 0 aliphatic heterocycles. The maximum Gasteiger partial charge on any atom is 1.00 e. The second-order valence-corrected chi connectivity index (χ2v) is 15.6. The number of ketones is 2. The van der Waals surface area contributed by atoms with Gasteiger partial charge >= 0.3 is 59.1 Å². The van der Waals surface area contributed by atoms with Crippen molar-refractivity contribution < 1.29 is 91.8 Å². The van der Waals surface area contributed by atoms with Crippen LogP contribution in [-0.4, -0.2) is 17.2 Å². The third-order valence-electron chi connectivity index (χ3n) is 9.22. The zero-order chi connectivity index (χ0) is 35.8. The van der Waals surface area contributed by atoms with E-state index in [1.807, 2.05) is 0 Å². The molecule has 0 rings (SSSR count). The summed E-state index contributed by atoms with van der Waals surface area (Å²) >= 11 is 0. The fraction of sp³-hybridized carbons (Fsp3) is 0.850. The van der Waals surface area contributed by atoms with Gasteiger partial charge in [0.1, 0.15) is 11.6 Å². The summed E-state index contributed by atoms with van der Waals surface area (Å²) in [6.07, 6.45) is 36.2. The summed E-state index contributed by atoms with van der Waals surface area (Å²) in [5.74, 6) is -2.31. The molecule has 282 valence electrons. The van der Waals surface area contributed by atoms with Gasteiger partial charge in [-0.05, 0) is 64.2 Å². The molecule has 0 spiro atoms. The van der Waals surface area contributed by atoms with Gasteiger partial charge in [0, 0.05) is 39.2 Å². The molecule has 0 amide bonds. The Labute approximate surface area is 350 Å². The largest absolute Gasteiger partial charge is 1.00 e. The molecule has 0 radical (unpaired) electrons. The van der Waals surface area contributed by atoms with Crippen molar-refractivity contribution >= 4 is 19.2 Å². The van der Waals surface area contributed by atoms with Gasteiger partial charge in [0.2, 0.25) is 0 Å². The number of allylic oxidation sites excluding steroid dienone is 4. The van der Waals surface area contributed by atoms with Crippen LogP contribution in [-0.2, 0) is 14.2 Å². The average Bonchev–Trinajstić information content (AvgIpc) is 3.03. The molecule has 0 aliphatic carbocycles. The van der Waals surface area contributed by atoms with Crippen molar-refractivity contribution in [2.24, 2.45) is 5.92 Å². The summed E-state index contributed by atoms with van der Waals surface area (Å²) in [4.78, 5) is 47.7. The van der Waals surface area contributed by atoms with E-state index in [0.717, 1.165) is 77.0 Å². The molecule has 0 N–H and O–H groups in total. The Hall–Kier alpha value is 0.830. The molecule has 0 fully saturated rings. The van der Waals surface area contributed by atoms with Crippen LogP contribution < -0.4 is 68.9 Å². The molecule has 0 aromatic heterocycles. The van der Waals surface area contributed by atoms with E-state index in [2.05, 4.69) is 38.2 Å². The van der Waals surface area contributed by atoms with E-state index in [0.29, 0.717) is 12.8 Å². The Kier molecular flexibility index (Phi) is 42.1. The Morgan fingerprint density at radius 1 is 0.560 bits per heavy atom. The summed E-state index contributed by atoms with van der Waals surface area (Å²) in [7, 11) is -6.23. The Bertz CT molecular complexity index is 895. The van der Waals surface area contributed by atoms with Gasteiger partial charge in [-0.1, -0.05) is 141 Å². The van der Waals surface area contributed by atoms with Crippen molar-refractivity contribution in [3.63, 3.8) is 0 Å². The summed E-state index contributed by atoms with van der Waals surface area (Å²) in [5.41, 5.74) is -4.54. The molecular formula is C40H71F2Na2O5P. The van der Waals surface area contributed by atoms with Crippen LogP contribution in [0.15, 0.2) is 24.3 Å². The van der Waals surface area contributed by atoms with E-state index >= 15 is 0 Å². The Morgan fingerprint density at radius 2 is 0.880 bits per heavy atom. The third kappa shape index (κ3) is 34.6. The zero-order valence-corrected chi connectivity index (χ0v) is 37.7. The monoisotopic (exact) mass is 746 g/mol. The summed E-state index contributed by atoms with van der Waals surface area (Å²) < 4.78 is 39.4. The van der Waals surface area contributed by atoms with Crippen LogP contribution in [0.1, 0.15) is 206 Å². The molecule has 0 heterocycles. The minimum absolute atomic E-state index is 0. The first kappa shape index (κ1) is 55.2. The quantitative estimate of drug-likeness (QED) is 0.0334. The minimum Gasteiger partial charge on any atom is -0.807 e. The van der Waals surface area contributed by atoms with Crippen molar-refractivity contribution in [1.29, 1.82) is 0 Å². The second-order valence-electron chi connectivity index (χ2n) is 13.9. The van der Waals surface area contributed by atoms with Gasteiger partial charge in [-0.3, -0.25) is 9.59 Å². The first-order valence-electron chi connectivity index (χ1n) is 19.8. The van der Waals surface area contributed by atoms with Gasteiger partial charge in [-0.2, -0.15) is 0 Å². The van der Waals surface area contributed by atoms with Gasteiger partial charge in [-0.25, -0.2) is 8.78 Å². The van der Waals surface area contributed by atoms with Crippen molar-refractivity contribution in [2.45, 2.75) is 212 Å². The van der Waals surface area contributed by atoms with E-state index in [1.165, 1.54) is 77.0 Å². The number of halogens is 2. The van der Waals surface area contributed by atoms with Crippen LogP contribution >= 0.6 is 7.60 Å². The fourth-order valence-corrected chi connectivity index (χ4v) is 6.50. The molecular weight excluding hydrogens is 675 g/mol. The van der Waals surface area contributed by atoms with Crippen LogP contribution in [0.3, 0.4) is 0 Å². The van der Waals surface area contributed by atoms with E-state index < -0.39 is 37.8 Å². The van der Waals surface area contributed by atoms with Crippen molar-refractivity contribution in [1.82, 2.24) is 0 Å². The molecule has 0 aromatic carbocycles. The third-order valence-corrected chi connectivity index (χ3v) is 10.2. The molecule has 0 aromatic rings.